The number of aryl methyl sites for hydroxylation is 1. The van der Waals surface area contributed by atoms with Crippen LogP contribution in [0.5, 0.6) is 0 Å². The summed E-state index contributed by atoms with van der Waals surface area (Å²) in [6, 6.07) is 6.69. The summed E-state index contributed by atoms with van der Waals surface area (Å²) in [4.78, 5) is 28.4. The molecule has 2 aromatic rings. The van der Waals surface area contributed by atoms with Crippen molar-refractivity contribution in [2.45, 2.75) is 26.3 Å². The first kappa shape index (κ1) is 14.4. The Labute approximate surface area is 127 Å². The van der Waals surface area contributed by atoms with E-state index in [0.29, 0.717) is 5.56 Å². The lowest BCUT2D eigenvalue weighted by molar-refractivity contribution is -0.139. The van der Waals surface area contributed by atoms with Crippen molar-refractivity contribution in [3.8, 4) is 11.1 Å². The molecular formula is C17H15FN2O2. The van der Waals surface area contributed by atoms with E-state index in [1.165, 1.54) is 6.07 Å². The lowest BCUT2D eigenvalue weighted by Crippen LogP contribution is -2.28. The zero-order valence-electron chi connectivity index (χ0n) is 12.2. The third-order valence-electron chi connectivity index (χ3n) is 3.87. The molecule has 4 nitrogen and oxygen atoms in total. The quantitative estimate of drug-likeness (QED) is 0.819. The molecule has 1 fully saturated rings. The molecule has 0 unspecified atom stereocenters. The lowest BCUT2D eigenvalue weighted by atomic mass is 10.0. The van der Waals surface area contributed by atoms with Gasteiger partial charge in [0.15, 0.2) is 0 Å². The number of amides is 2. The summed E-state index contributed by atoms with van der Waals surface area (Å²) in [5.74, 6) is -0.891. The highest BCUT2D eigenvalue weighted by atomic mass is 19.1. The van der Waals surface area contributed by atoms with Crippen molar-refractivity contribution in [2.75, 3.05) is 0 Å². The Morgan fingerprint density at radius 3 is 2.55 bits per heavy atom. The lowest BCUT2D eigenvalue weighted by Gasteiger charge is -2.15. The molecule has 112 valence electrons. The predicted molar refractivity (Wildman–Crippen MR) is 79.2 cm³/mol. The van der Waals surface area contributed by atoms with Gasteiger partial charge in [-0.15, -0.1) is 0 Å². The van der Waals surface area contributed by atoms with Gasteiger partial charge >= 0.3 is 0 Å². The highest BCUT2D eigenvalue weighted by molar-refractivity contribution is 6.01. The first-order valence-corrected chi connectivity index (χ1v) is 7.09. The van der Waals surface area contributed by atoms with E-state index in [1.807, 2.05) is 13.0 Å². The van der Waals surface area contributed by atoms with Crippen molar-refractivity contribution in [1.82, 2.24) is 9.88 Å². The minimum Gasteiger partial charge on any atom is -0.278 e. The van der Waals surface area contributed by atoms with Gasteiger partial charge in [0.05, 0.1) is 6.54 Å². The molecule has 1 aliphatic heterocycles. The van der Waals surface area contributed by atoms with Crippen molar-refractivity contribution in [3.05, 3.63) is 53.6 Å². The fourth-order valence-electron chi connectivity index (χ4n) is 2.61. The molecule has 1 saturated heterocycles. The van der Waals surface area contributed by atoms with E-state index < -0.39 is 5.82 Å². The predicted octanol–water partition coefficient (Wildman–Crippen LogP) is 2.85. The van der Waals surface area contributed by atoms with Crippen LogP contribution >= 0.6 is 0 Å². The average molecular weight is 298 g/mol. The number of carbonyl (C=O) groups is 2. The van der Waals surface area contributed by atoms with Crippen molar-refractivity contribution < 1.29 is 14.0 Å². The average Bonchev–Trinajstić information content (AvgIpc) is 2.81. The van der Waals surface area contributed by atoms with Crippen LogP contribution in [-0.2, 0) is 16.1 Å². The Hall–Kier alpha value is -2.56. The maximum Gasteiger partial charge on any atom is 0.229 e. The van der Waals surface area contributed by atoms with Gasteiger partial charge in [0.2, 0.25) is 11.8 Å². The molecular weight excluding hydrogens is 283 g/mol. The van der Waals surface area contributed by atoms with Crippen LogP contribution in [0.2, 0.25) is 0 Å². The summed E-state index contributed by atoms with van der Waals surface area (Å²) in [6.07, 6.45) is 3.82. The molecule has 1 aromatic heterocycles. The Bertz CT molecular complexity index is 742. The van der Waals surface area contributed by atoms with E-state index in [4.69, 9.17) is 0 Å². The maximum absolute atomic E-state index is 14.3. The zero-order valence-corrected chi connectivity index (χ0v) is 12.2. The number of imide groups is 1. The van der Waals surface area contributed by atoms with Crippen LogP contribution in [0.3, 0.4) is 0 Å². The van der Waals surface area contributed by atoms with E-state index in [1.54, 1.807) is 24.5 Å². The number of benzene rings is 1. The van der Waals surface area contributed by atoms with Crippen LogP contribution in [0.1, 0.15) is 24.0 Å². The van der Waals surface area contributed by atoms with E-state index in [9.17, 15) is 14.0 Å². The molecule has 2 amide bonds. The number of hydrogen-bond donors (Lipinski definition) is 0. The summed E-state index contributed by atoms with van der Waals surface area (Å²) >= 11 is 0. The van der Waals surface area contributed by atoms with Crippen molar-refractivity contribution in [2.24, 2.45) is 0 Å². The van der Waals surface area contributed by atoms with Crippen LogP contribution in [0.4, 0.5) is 4.39 Å². The van der Waals surface area contributed by atoms with Gasteiger partial charge in [-0.3, -0.25) is 19.5 Å². The van der Waals surface area contributed by atoms with Gasteiger partial charge in [-0.1, -0.05) is 12.1 Å². The second-order valence-electron chi connectivity index (χ2n) is 5.37. The molecule has 1 aliphatic rings. The van der Waals surface area contributed by atoms with Crippen molar-refractivity contribution >= 4 is 11.8 Å². The number of rotatable bonds is 3. The monoisotopic (exact) mass is 298 g/mol. The summed E-state index contributed by atoms with van der Waals surface area (Å²) in [6.45, 7) is 1.91. The Morgan fingerprint density at radius 1 is 1.18 bits per heavy atom. The number of likely N-dealkylation sites (tertiary alicyclic amines) is 1. The normalized spacial score (nSPS) is 14.7. The van der Waals surface area contributed by atoms with Crippen LogP contribution in [0, 0.1) is 12.7 Å². The van der Waals surface area contributed by atoms with Crippen molar-refractivity contribution in [1.29, 1.82) is 0 Å². The highest BCUT2D eigenvalue weighted by Crippen LogP contribution is 2.25. The first-order valence-electron chi connectivity index (χ1n) is 7.09. The van der Waals surface area contributed by atoms with Crippen LogP contribution in [0.25, 0.3) is 11.1 Å². The standard InChI is InChI=1S/C17H15FN2O2/c1-11-9-19-7-6-14(11)12-2-3-13(15(18)8-12)10-20-16(21)4-5-17(20)22/h2-3,6-9H,4-5,10H2,1H3. The molecule has 0 bridgehead atoms. The van der Waals surface area contributed by atoms with Gasteiger partial charge < -0.3 is 0 Å². The smallest absolute Gasteiger partial charge is 0.229 e. The van der Waals surface area contributed by atoms with Gasteiger partial charge in [-0.25, -0.2) is 4.39 Å². The largest absolute Gasteiger partial charge is 0.278 e. The van der Waals surface area contributed by atoms with E-state index in [0.717, 1.165) is 21.6 Å². The van der Waals surface area contributed by atoms with Crippen LogP contribution in [-0.4, -0.2) is 21.7 Å². The molecule has 0 aliphatic carbocycles. The van der Waals surface area contributed by atoms with E-state index >= 15 is 0 Å². The molecule has 0 saturated carbocycles. The third-order valence-corrected chi connectivity index (χ3v) is 3.87. The van der Waals surface area contributed by atoms with Crippen LogP contribution < -0.4 is 0 Å². The Kier molecular flexibility index (Phi) is 3.71. The van der Waals surface area contributed by atoms with Crippen LogP contribution in [0.15, 0.2) is 36.7 Å². The molecule has 22 heavy (non-hydrogen) atoms. The van der Waals surface area contributed by atoms with E-state index in [2.05, 4.69) is 4.98 Å². The number of pyridine rings is 1. The highest BCUT2D eigenvalue weighted by Gasteiger charge is 2.29. The topological polar surface area (TPSA) is 50.3 Å². The maximum atomic E-state index is 14.3. The molecule has 0 spiro atoms. The zero-order chi connectivity index (χ0) is 15.7. The number of aromatic nitrogens is 1. The van der Waals surface area contributed by atoms with Gasteiger partial charge in [-0.2, -0.15) is 0 Å². The summed E-state index contributed by atoms with van der Waals surface area (Å²) in [5, 5.41) is 0. The molecule has 0 radical (unpaired) electrons. The summed E-state index contributed by atoms with van der Waals surface area (Å²) in [5.41, 5.74) is 2.97. The van der Waals surface area contributed by atoms with Crippen molar-refractivity contribution in [3.63, 3.8) is 0 Å². The second-order valence-corrected chi connectivity index (χ2v) is 5.37. The first-order chi connectivity index (χ1) is 10.6. The van der Waals surface area contributed by atoms with E-state index in [-0.39, 0.29) is 31.2 Å². The number of halogens is 1. The van der Waals surface area contributed by atoms with Gasteiger partial charge in [0.25, 0.3) is 0 Å². The fourth-order valence-corrected chi connectivity index (χ4v) is 2.61. The summed E-state index contributed by atoms with van der Waals surface area (Å²) in [7, 11) is 0. The summed E-state index contributed by atoms with van der Waals surface area (Å²) < 4.78 is 14.3. The molecule has 2 heterocycles. The molecule has 0 N–H and O–H groups in total. The van der Waals surface area contributed by atoms with Gasteiger partial charge in [0.1, 0.15) is 5.82 Å². The minimum atomic E-state index is -0.416. The fraction of sp³-hybridized carbons (Fsp3) is 0.235. The number of hydrogen-bond acceptors (Lipinski definition) is 3. The third kappa shape index (κ3) is 2.62. The number of carbonyl (C=O) groups excluding carboxylic acids is 2. The molecule has 5 heteroatoms. The van der Waals surface area contributed by atoms with Gasteiger partial charge in [-0.05, 0) is 35.7 Å². The second kappa shape index (κ2) is 5.67. The minimum absolute atomic E-state index is 0.000886. The molecule has 3 rings (SSSR count). The SMILES string of the molecule is Cc1cnccc1-c1ccc(CN2C(=O)CCC2=O)c(F)c1. The van der Waals surface area contributed by atoms with Gasteiger partial charge in [0, 0.05) is 30.8 Å². The Balaban J connectivity index is 1.88. The Morgan fingerprint density at radius 2 is 1.91 bits per heavy atom. The molecule has 1 aromatic carbocycles. The number of nitrogens with zero attached hydrogens (tertiary/aromatic N) is 2. The molecule has 0 atom stereocenters.